The number of carbonyl (C=O) groups is 1. The first-order chi connectivity index (χ1) is 20.8. The molecule has 6 nitrogen and oxygen atoms in total. The van der Waals surface area contributed by atoms with Crippen LogP contribution in [-0.4, -0.2) is 54.6 Å². The van der Waals surface area contributed by atoms with Crippen molar-refractivity contribution in [2.24, 2.45) is 5.92 Å². The Balaban J connectivity index is 0.000000410. The third kappa shape index (κ3) is 8.70. The molecule has 3 heterocycles. The maximum Gasteiger partial charge on any atom is 0.251 e. The normalized spacial score (nSPS) is 14.6. The van der Waals surface area contributed by atoms with Gasteiger partial charge in [0, 0.05) is 72.5 Å². The second-order valence-corrected chi connectivity index (χ2v) is 12.8. The van der Waals surface area contributed by atoms with Gasteiger partial charge in [0.1, 0.15) is 11.5 Å². The lowest BCUT2D eigenvalue weighted by Gasteiger charge is -2.36. The molecule has 43 heavy (non-hydrogen) atoms. The number of benzene rings is 2. The lowest BCUT2D eigenvalue weighted by Crippen LogP contribution is -2.46. The maximum atomic E-state index is 12.3. The summed E-state index contributed by atoms with van der Waals surface area (Å²) in [7, 11) is 0. The number of fused-ring (bicyclic) bond motifs is 2. The van der Waals surface area contributed by atoms with E-state index < -0.39 is 0 Å². The lowest BCUT2D eigenvalue weighted by molar-refractivity contribution is -0.122. The van der Waals surface area contributed by atoms with Crippen LogP contribution >= 0.6 is 11.3 Å². The Labute approximate surface area is 261 Å². The predicted molar refractivity (Wildman–Crippen MR) is 183 cm³/mol. The average molecular weight is 604 g/mol. The van der Waals surface area contributed by atoms with Crippen LogP contribution in [0, 0.1) is 5.92 Å². The summed E-state index contributed by atoms with van der Waals surface area (Å²) in [6, 6.07) is 18.6. The zero-order valence-corrected chi connectivity index (χ0v) is 27.5. The molecule has 0 spiro atoms. The summed E-state index contributed by atoms with van der Waals surface area (Å²) >= 11 is 1.82. The van der Waals surface area contributed by atoms with Crippen molar-refractivity contribution in [2.45, 2.75) is 72.8 Å². The number of anilines is 1. The van der Waals surface area contributed by atoms with Gasteiger partial charge in [0.25, 0.3) is 5.56 Å². The van der Waals surface area contributed by atoms with Crippen LogP contribution in [0.15, 0.2) is 64.8 Å². The number of nitrogens with zero attached hydrogens (tertiary/aromatic N) is 3. The number of pyridine rings is 1. The summed E-state index contributed by atoms with van der Waals surface area (Å²) in [4.78, 5) is 28.4. The van der Waals surface area contributed by atoms with Gasteiger partial charge in [-0.25, -0.2) is 0 Å². The molecule has 0 aliphatic carbocycles. The van der Waals surface area contributed by atoms with Crippen molar-refractivity contribution in [3.05, 3.63) is 70.3 Å². The molecule has 232 valence electrons. The molecule has 0 N–H and O–H groups in total. The molecule has 1 aliphatic heterocycles. The topological polar surface area (TPSA) is 54.8 Å². The van der Waals surface area contributed by atoms with Crippen LogP contribution in [0.4, 0.5) is 5.69 Å². The molecule has 1 unspecified atom stereocenters. The molecule has 1 aliphatic rings. The van der Waals surface area contributed by atoms with Crippen LogP contribution in [0.25, 0.3) is 21.0 Å². The molecule has 0 radical (unpaired) electrons. The highest BCUT2D eigenvalue weighted by Gasteiger charge is 2.18. The number of hydrogen-bond acceptors (Lipinski definition) is 6. The van der Waals surface area contributed by atoms with E-state index in [0.717, 1.165) is 81.5 Å². The SMILES string of the molecule is CC(C)n1c(=O)ccc2ccc(OCCCCN3CCN(c4cccc5sccc45)CC3)cc21.CCCC(=O)C(C)CC. The predicted octanol–water partition coefficient (Wildman–Crippen LogP) is 8.18. The smallest absolute Gasteiger partial charge is 0.251 e. The molecule has 1 saturated heterocycles. The van der Waals surface area contributed by atoms with E-state index >= 15 is 0 Å². The summed E-state index contributed by atoms with van der Waals surface area (Å²) in [6.45, 7) is 16.4. The van der Waals surface area contributed by atoms with Crippen LogP contribution in [0.5, 0.6) is 5.75 Å². The van der Waals surface area contributed by atoms with Crippen LogP contribution < -0.4 is 15.2 Å². The van der Waals surface area contributed by atoms with Crippen molar-refractivity contribution in [3.8, 4) is 5.75 Å². The van der Waals surface area contributed by atoms with Gasteiger partial charge >= 0.3 is 0 Å². The van der Waals surface area contributed by atoms with E-state index in [-0.39, 0.29) is 17.5 Å². The molecule has 2 aromatic heterocycles. The van der Waals surface area contributed by atoms with Gasteiger partial charge in [-0.05, 0) is 93.2 Å². The number of rotatable bonds is 12. The third-order valence-corrected chi connectivity index (χ3v) is 9.28. The fraction of sp³-hybridized carbons (Fsp3) is 0.500. The molecule has 4 aromatic rings. The Kier molecular flexibility index (Phi) is 12.2. The van der Waals surface area contributed by atoms with Crippen molar-refractivity contribution in [2.75, 3.05) is 44.2 Å². The quantitative estimate of drug-likeness (QED) is 0.153. The largest absolute Gasteiger partial charge is 0.494 e. The van der Waals surface area contributed by atoms with E-state index in [0.29, 0.717) is 12.4 Å². The Morgan fingerprint density at radius 2 is 1.72 bits per heavy atom. The highest BCUT2D eigenvalue weighted by atomic mass is 32.1. The Morgan fingerprint density at radius 3 is 2.44 bits per heavy atom. The van der Waals surface area contributed by atoms with E-state index in [1.807, 2.05) is 67.9 Å². The summed E-state index contributed by atoms with van der Waals surface area (Å²) in [5.41, 5.74) is 2.35. The van der Waals surface area contributed by atoms with Crippen molar-refractivity contribution >= 4 is 43.8 Å². The van der Waals surface area contributed by atoms with Gasteiger partial charge in [-0.1, -0.05) is 26.8 Å². The molecule has 0 amide bonds. The number of unbranched alkanes of at least 4 members (excludes halogenated alkanes) is 1. The molecule has 0 bridgehead atoms. The number of hydrogen-bond donors (Lipinski definition) is 0. The number of thiophene rings is 1. The fourth-order valence-electron chi connectivity index (χ4n) is 5.67. The first-order valence-electron chi connectivity index (χ1n) is 16.1. The average Bonchev–Trinajstić information content (AvgIpc) is 3.50. The summed E-state index contributed by atoms with van der Waals surface area (Å²) in [5.74, 6) is 1.54. The summed E-state index contributed by atoms with van der Waals surface area (Å²) < 4.78 is 9.25. The molecule has 7 heteroatoms. The van der Waals surface area contributed by atoms with Gasteiger partial charge in [0.05, 0.1) is 12.1 Å². The minimum Gasteiger partial charge on any atom is -0.494 e. The van der Waals surface area contributed by atoms with Gasteiger partial charge in [-0.3, -0.25) is 14.5 Å². The van der Waals surface area contributed by atoms with Crippen molar-refractivity contribution in [1.29, 1.82) is 0 Å². The zero-order chi connectivity index (χ0) is 30.8. The fourth-order valence-corrected chi connectivity index (χ4v) is 6.48. The van der Waals surface area contributed by atoms with Crippen LogP contribution in [-0.2, 0) is 4.79 Å². The molecular formula is C36H49N3O3S. The minimum absolute atomic E-state index is 0.0340. The number of carbonyl (C=O) groups excluding carboxylic acids is 1. The Bertz CT molecular complexity index is 1520. The Hall–Kier alpha value is -3.16. The van der Waals surface area contributed by atoms with E-state index in [1.54, 1.807) is 6.07 Å². The van der Waals surface area contributed by atoms with E-state index in [2.05, 4.69) is 46.4 Å². The maximum absolute atomic E-state index is 12.3. The molecule has 1 fully saturated rings. The first kappa shape index (κ1) is 32.7. The second kappa shape index (κ2) is 16.1. The number of ether oxygens (including phenoxy) is 1. The van der Waals surface area contributed by atoms with Gasteiger partial charge in [0.2, 0.25) is 0 Å². The van der Waals surface area contributed by atoms with Crippen molar-refractivity contribution in [3.63, 3.8) is 0 Å². The molecule has 2 aromatic carbocycles. The van der Waals surface area contributed by atoms with E-state index in [9.17, 15) is 9.59 Å². The Morgan fingerprint density at radius 1 is 0.953 bits per heavy atom. The second-order valence-electron chi connectivity index (χ2n) is 11.9. The minimum atomic E-state index is 0.0340. The standard InChI is InChI=1S/C28H33N3O2S.C8H16O/c1-21(2)31-26-20-23(10-8-22(26)9-11-28(31)32)33-18-4-3-13-29-14-16-30(17-15-29)25-6-5-7-27-24(25)12-19-34-27;1-4-6-8(9)7(3)5-2/h5-12,19-21H,3-4,13-18H2,1-2H3;7H,4-6H2,1-3H3. The van der Waals surface area contributed by atoms with Gasteiger partial charge in [-0.2, -0.15) is 0 Å². The van der Waals surface area contributed by atoms with Gasteiger partial charge < -0.3 is 14.2 Å². The number of ketones is 1. The number of Topliss-reactive ketones (excluding diaryl/α,β-unsaturated/α-hetero) is 1. The lowest BCUT2D eigenvalue weighted by atomic mass is 10.0. The summed E-state index contributed by atoms with van der Waals surface area (Å²) in [6.07, 6.45) is 4.89. The van der Waals surface area contributed by atoms with E-state index in [4.69, 9.17) is 4.74 Å². The third-order valence-electron chi connectivity index (χ3n) is 8.40. The van der Waals surface area contributed by atoms with Gasteiger partial charge in [0.15, 0.2) is 0 Å². The first-order valence-corrected chi connectivity index (χ1v) is 16.9. The van der Waals surface area contributed by atoms with Crippen molar-refractivity contribution < 1.29 is 9.53 Å². The highest BCUT2D eigenvalue weighted by molar-refractivity contribution is 7.17. The van der Waals surface area contributed by atoms with Gasteiger partial charge in [-0.15, -0.1) is 11.3 Å². The molecular weight excluding hydrogens is 554 g/mol. The molecule has 0 saturated carbocycles. The van der Waals surface area contributed by atoms with Crippen molar-refractivity contribution in [1.82, 2.24) is 9.47 Å². The van der Waals surface area contributed by atoms with E-state index in [1.165, 1.54) is 15.8 Å². The molecule has 1 atom stereocenters. The highest BCUT2D eigenvalue weighted by Crippen LogP contribution is 2.31. The molecule has 5 rings (SSSR count). The zero-order valence-electron chi connectivity index (χ0n) is 26.7. The van der Waals surface area contributed by atoms with Crippen LogP contribution in [0.2, 0.25) is 0 Å². The number of aromatic nitrogens is 1. The monoisotopic (exact) mass is 603 g/mol. The van der Waals surface area contributed by atoms with Crippen LogP contribution in [0.1, 0.15) is 72.8 Å². The summed E-state index contributed by atoms with van der Waals surface area (Å²) in [5, 5.41) is 4.64. The number of piperazine rings is 1. The van der Waals surface area contributed by atoms with Crippen LogP contribution in [0.3, 0.4) is 0 Å².